The first-order chi connectivity index (χ1) is 14.7. The molecule has 1 aromatic heterocycles. The number of ether oxygens (including phenoxy) is 2. The van der Waals surface area contributed by atoms with E-state index in [1.807, 2.05) is 30.5 Å². The largest absolute Gasteiger partial charge is 0.496 e. The topological polar surface area (TPSA) is 79.3 Å². The molecule has 168 valence electrons. The summed E-state index contributed by atoms with van der Waals surface area (Å²) >= 11 is 0. The van der Waals surface area contributed by atoms with Crippen molar-refractivity contribution in [1.82, 2.24) is 15.2 Å². The predicted molar refractivity (Wildman–Crippen MR) is 133 cm³/mol. The maximum Gasteiger partial charge on any atom is 0.341 e. The van der Waals surface area contributed by atoms with Gasteiger partial charge in [-0.3, -0.25) is 0 Å². The summed E-state index contributed by atoms with van der Waals surface area (Å²) < 4.78 is 10.1. The fourth-order valence-electron chi connectivity index (χ4n) is 3.40. The third-order valence-corrected chi connectivity index (χ3v) is 4.97. The molecule has 1 aliphatic rings. The predicted octanol–water partition coefficient (Wildman–Crippen LogP) is 2.78. The molecule has 1 aromatic carbocycles. The summed E-state index contributed by atoms with van der Waals surface area (Å²) in [7, 11) is 2.90. The number of benzene rings is 1. The minimum Gasteiger partial charge on any atom is -0.496 e. The quantitative estimate of drug-likeness (QED) is 0.262. The first-order valence-electron chi connectivity index (χ1n) is 10.1. The second-order valence-electron chi connectivity index (χ2n) is 6.86. The maximum absolute atomic E-state index is 12.0. The first-order valence-corrected chi connectivity index (χ1v) is 10.1. The van der Waals surface area contributed by atoms with E-state index in [1.54, 1.807) is 12.1 Å². The molecule has 8 nitrogen and oxygen atoms in total. The number of hydrogen-bond donors (Lipinski definition) is 1. The summed E-state index contributed by atoms with van der Waals surface area (Å²) in [5, 5.41) is 3.37. The summed E-state index contributed by atoms with van der Waals surface area (Å²) in [5.41, 5.74) is 1.32. The molecule has 0 atom stereocenters. The molecule has 1 fully saturated rings. The number of nitrogens with one attached hydrogen (secondary N) is 1. The van der Waals surface area contributed by atoms with Gasteiger partial charge >= 0.3 is 5.97 Å². The van der Waals surface area contributed by atoms with Crippen molar-refractivity contribution in [2.45, 2.75) is 13.5 Å². The van der Waals surface area contributed by atoms with E-state index in [0.717, 1.165) is 50.1 Å². The van der Waals surface area contributed by atoms with Crippen LogP contribution in [0.3, 0.4) is 0 Å². The average molecular weight is 539 g/mol. The van der Waals surface area contributed by atoms with Crippen LogP contribution in [0.5, 0.6) is 5.75 Å². The fraction of sp³-hybridized carbons (Fsp3) is 0.409. The molecule has 1 N–H and O–H groups in total. The van der Waals surface area contributed by atoms with E-state index in [4.69, 9.17) is 14.5 Å². The van der Waals surface area contributed by atoms with Gasteiger partial charge in [-0.2, -0.15) is 0 Å². The van der Waals surface area contributed by atoms with Gasteiger partial charge < -0.3 is 24.6 Å². The van der Waals surface area contributed by atoms with Crippen LogP contribution < -0.4 is 15.0 Å². The fourth-order valence-corrected chi connectivity index (χ4v) is 3.40. The summed E-state index contributed by atoms with van der Waals surface area (Å²) in [5.74, 6) is 1.95. The van der Waals surface area contributed by atoms with Crippen molar-refractivity contribution in [3.8, 4) is 5.75 Å². The molecular formula is C22H30IN5O3. The molecule has 0 amide bonds. The molecule has 31 heavy (non-hydrogen) atoms. The molecule has 3 rings (SSSR count). The Labute approximate surface area is 200 Å². The molecule has 2 aromatic rings. The number of pyridine rings is 1. The van der Waals surface area contributed by atoms with Crippen molar-refractivity contribution in [3.63, 3.8) is 0 Å². The van der Waals surface area contributed by atoms with Crippen LogP contribution in [0.25, 0.3) is 0 Å². The lowest BCUT2D eigenvalue weighted by Gasteiger charge is -2.37. The number of methoxy groups -OCH3 is 2. The lowest BCUT2D eigenvalue weighted by Crippen LogP contribution is -2.52. The lowest BCUT2D eigenvalue weighted by molar-refractivity contribution is 0.0597. The van der Waals surface area contributed by atoms with Crippen molar-refractivity contribution in [2.24, 2.45) is 4.99 Å². The van der Waals surface area contributed by atoms with E-state index in [-0.39, 0.29) is 24.0 Å². The highest BCUT2D eigenvalue weighted by Gasteiger charge is 2.20. The van der Waals surface area contributed by atoms with E-state index < -0.39 is 5.97 Å². The molecular weight excluding hydrogens is 509 g/mol. The van der Waals surface area contributed by atoms with Gasteiger partial charge in [0.1, 0.15) is 17.1 Å². The van der Waals surface area contributed by atoms with Crippen LogP contribution in [-0.2, 0) is 11.3 Å². The molecule has 9 heteroatoms. The Morgan fingerprint density at radius 2 is 1.94 bits per heavy atom. The molecule has 1 aliphatic heterocycles. The number of rotatable bonds is 6. The number of aliphatic imine (C=N–C) groups is 1. The number of nitrogens with zero attached hydrogens (tertiary/aromatic N) is 4. The van der Waals surface area contributed by atoms with Gasteiger partial charge in [0.2, 0.25) is 0 Å². The number of halogens is 1. The zero-order valence-electron chi connectivity index (χ0n) is 18.2. The van der Waals surface area contributed by atoms with Crippen LogP contribution in [0.2, 0.25) is 0 Å². The molecule has 0 bridgehead atoms. The number of aromatic nitrogens is 1. The number of hydrogen-bond acceptors (Lipinski definition) is 6. The standard InChI is InChI=1S/C22H29N5O3.HI/c1-4-23-22(27-13-11-26(12-14-27)20-7-5-6-10-24-20)25-16-17-8-9-19(29-2)18(15-17)21(28)30-3;/h5-10,15H,4,11-14,16H2,1-3H3,(H,23,25);1H. The van der Waals surface area contributed by atoms with Crippen LogP contribution in [0.4, 0.5) is 5.82 Å². The monoisotopic (exact) mass is 539 g/mol. The second kappa shape index (κ2) is 12.3. The highest BCUT2D eigenvalue weighted by molar-refractivity contribution is 14.0. The third-order valence-electron chi connectivity index (χ3n) is 4.97. The Morgan fingerprint density at radius 1 is 1.16 bits per heavy atom. The van der Waals surface area contributed by atoms with Crippen LogP contribution in [-0.4, -0.2) is 68.8 Å². The molecule has 0 saturated carbocycles. The van der Waals surface area contributed by atoms with Gasteiger partial charge in [0.15, 0.2) is 5.96 Å². The van der Waals surface area contributed by atoms with E-state index in [1.165, 1.54) is 14.2 Å². The van der Waals surface area contributed by atoms with Crippen molar-refractivity contribution in [3.05, 3.63) is 53.7 Å². The zero-order valence-corrected chi connectivity index (χ0v) is 20.5. The highest BCUT2D eigenvalue weighted by Crippen LogP contribution is 2.21. The van der Waals surface area contributed by atoms with Crippen molar-refractivity contribution in [2.75, 3.05) is 51.8 Å². The summed E-state index contributed by atoms with van der Waals surface area (Å²) in [4.78, 5) is 25.8. The molecule has 2 heterocycles. The number of esters is 1. The minimum atomic E-state index is -0.421. The lowest BCUT2D eigenvalue weighted by atomic mass is 10.1. The summed E-state index contributed by atoms with van der Waals surface area (Å²) in [6.07, 6.45) is 1.82. The van der Waals surface area contributed by atoms with Crippen molar-refractivity contribution < 1.29 is 14.3 Å². The number of carbonyl (C=O) groups is 1. The van der Waals surface area contributed by atoms with Crippen LogP contribution in [0.1, 0.15) is 22.8 Å². The van der Waals surface area contributed by atoms with Crippen LogP contribution in [0.15, 0.2) is 47.6 Å². The molecule has 0 unspecified atom stereocenters. The second-order valence-corrected chi connectivity index (χ2v) is 6.86. The third kappa shape index (κ3) is 6.46. The van der Waals surface area contributed by atoms with Gasteiger partial charge in [0.25, 0.3) is 0 Å². The van der Waals surface area contributed by atoms with Gasteiger partial charge in [-0.25, -0.2) is 14.8 Å². The molecule has 0 aliphatic carbocycles. The molecule has 1 saturated heterocycles. The highest BCUT2D eigenvalue weighted by atomic mass is 127. The van der Waals surface area contributed by atoms with Gasteiger partial charge in [0, 0.05) is 38.9 Å². The Kier molecular flexibility index (Phi) is 9.83. The maximum atomic E-state index is 12.0. The van der Waals surface area contributed by atoms with Crippen LogP contribution in [0, 0.1) is 0 Å². The zero-order chi connectivity index (χ0) is 21.3. The Morgan fingerprint density at radius 3 is 2.55 bits per heavy atom. The van der Waals surface area contributed by atoms with Gasteiger partial charge in [-0.1, -0.05) is 12.1 Å². The Hall–Kier alpha value is -2.56. The van der Waals surface area contributed by atoms with Crippen molar-refractivity contribution in [1.29, 1.82) is 0 Å². The van der Waals surface area contributed by atoms with E-state index >= 15 is 0 Å². The van der Waals surface area contributed by atoms with E-state index in [0.29, 0.717) is 17.9 Å². The average Bonchev–Trinajstić information content (AvgIpc) is 2.81. The van der Waals surface area contributed by atoms with Gasteiger partial charge in [-0.15, -0.1) is 24.0 Å². The van der Waals surface area contributed by atoms with Crippen molar-refractivity contribution >= 4 is 41.7 Å². The Bertz CT molecular complexity index is 871. The summed E-state index contributed by atoms with van der Waals surface area (Å²) in [6.45, 7) is 6.79. The van der Waals surface area contributed by atoms with Gasteiger partial charge in [-0.05, 0) is 36.8 Å². The number of carbonyl (C=O) groups excluding carboxylic acids is 1. The van der Waals surface area contributed by atoms with E-state index in [9.17, 15) is 4.79 Å². The van der Waals surface area contributed by atoms with Crippen LogP contribution >= 0.6 is 24.0 Å². The molecule has 0 spiro atoms. The first kappa shape index (κ1) is 24.7. The normalized spacial score (nSPS) is 14.0. The number of piperazine rings is 1. The Balaban J connectivity index is 0.00000341. The minimum absolute atomic E-state index is 0. The number of guanidine groups is 1. The SMILES string of the molecule is CCNC(=NCc1ccc(OC)c(C(=O)OC)c1)N1CCN(c2ccccn2)CC1.I. The summed E-state index contributed by atoms with van der Waals surface area (Å²) in [6, 6.07) is 11.4. The van der Waals surface area contributed by atoms with Gasteiger partial charge in [0.05, 0.1) is 20.8 Å². The smallest absolute Gasteiger partial charge is 0.341 e. The van der Waals surface area contributed by atoms with E-state index in [2.05, 4.69) is 27.0 Å². The number of anilines is 1. The molecule has 0 radical (unpaired) electrons.